The molecule has 1 aliphatic rings. The number of rotatable bonds is 5. The van der Waals surface area contributed by atoms with Gasteiger partial charge in [-0.1, -0.05) is 12.1 Å². The number of allylic oxidation sites excluding steroid dienone is 2. The second-order valence-corrected chi connectivity index (χ2v) is 6.87. The van der Waals surface area contributed by atoms with Crippen molar-refractivity contribution in [2.45, 2.75) is 19.3 Å². The zero-order valence-electron chi connectivity index (χ0n) is 14.5. The lowest BCUT2D eigenvalue weighted by molar-refractivity contribution is -0.112. The number of benzene rings is 1. The topological polar surface area (TPSA) is 59.3 Å². The molecule has 1 aromatic carbocycles. The van der Waals surface area contributed by atoms with Crippen molar-refractivity contribution < 1.29 is 14.3 Å². The van der Waals surface area contributed by atoms with Crippen LogP contribution in [0.15, 0.2) is 46.9 Å². The largest absolute Gasteiger partial charge is 0.493 e. The van der Waals surface area contributed by atoms with Gasteiger partial charge in [-0.2, -0.15) is 5.26 Å². The van der Waals surface area contributed by atoms with E-state index in [-0.39, 0.29) is 12.4 Å². The predicted octanol–water partition coefficient (Wildman–Crippen LogP) is 4.88. The zero-order valence-corrected chi connectivity index (χ0v) is 15.3. The fraction of sp³-hybridized carbons (Fsp3) is 0.238. The van der Waals surface area contributed by atoms with Gasteiger partial charge in [0.05, 0.1) is 7.11 Å². The maximum Gasteiger partial charge on any atom is 0.185 e. The van der Waals surface area contributed by atoms with Gasteiger partial charge in [0.1, 0.15) is 6.07 Å². The molecule has 26 heavy (non-hydrogen) atoms. The minimum Gasteiger partial charge on any atom is -0.493 e. The van der Waals surface area contributed by atoms with E-state index < -0.39 is 0 Å². The van der Waals surface area contributed by atoms with Gasteiger partial charge >= 0.3 is 0 Å². The Hall–Kier alpha value is -2.84. The quantitative estimate of drug-likeness (QED) is 0.709. The molecule has 3 rings (SSSR count). The molecule has 0 unspecified atom stereocenters. The second kappa shape index (κ2) is 8.50. The predicted molar refractivity (Wildman–Crippen MR) is 103 cm³/mol. The first-order valence-corrected chi connectivity index (χ1v) is 9.26. The highest BCUT2D eigenvalue weighted by molar-refractivity contribution is 7.10. The van der Waals surface area contributed by atoms with Gasteiger partial charge in [-0.25, -0.2) is 0 Å². The number of ether oxygens (including phenoxy) is 2. The van der Waals surface area contributed by atoms with Crippen molar-refractivity contribution in [3.8, 4) is 17.6 Å². The smallest absolute Gasteiger partial charge is 0.185 e. The van der Waals surface area contributed by atoms with Crippen LogP contribution in [0.3, 0.4) is 0 Å². The number of hydrogen-bond donors (Lipinski definition) is 0. The third-order valence-electron chi connectivity index (χ3n) is 4.16. The Morgan fingerprint density at radius 2 is 2.00 bits per heavy atom. The first kappa shape index (κ1) is 18.0. The van der Waals surface area contributed by atoms with Gasteiger partial charge in [-0.15, -0.1) is 11.3 Å². The van der Waals surface area contributed by atoms with E-state index in [0.717, 1.165) is 40.8 Å². The lowest BCUT2D eigenvalue weighted by Gasteiger charge is -2.16. The van der Waals surface area contributed by atoms with E-state index in [9.17, 15) is 4.79 Å². The summed E-state index contributed by atoms with van der Waals surface area (Å²) in [6.45, 7) is -0.0356. The molecule has 0 spiro atoms. The average Bonchev–Trinajstić information content (AvgIpc) is 3.17. The van der Waals surface area contributed by atoms with E-state index >= 15 is 0 Å². The summed E-state index contributed by atoms with van der Waals surface area (Å²) >= 11 is 1.64. The van der Waals surface area contributed by atoms with Crippen molar-refractivity contribution in [3.63, 3.8) is 0 Å². The maximum atomic E-state index is 12.8. The van der Waals surface area contributed by atoms with Crippen LogP contribution >= 0.6 is 11.3 Å². The van der Waals surface area contributed by atoms with Crippen LogP contribution in [0.2, 0.25) is 0 Å². The van der Waals surface area contributed by atoms with Crippen LogP contribution in [-0.2, 0) is 4.79 Å². The lowest BCUT2D eigenvalue weighted by atomic mass is 9.87. The Morgan fingerprint density at radius 3 is 2.69 bits per heavy atom. The van der Waals surface area contributed by atoms with E-state index in [1.165, 1.54) is 0 Å². The number of thiophene rings is 1. The molecule has 0 radical (unpaired) electrons. The number of carbonyl (C=O) groups is 1. The monoisotopic (exact) mass is 365 g/mol. The minimum absolute atomic E-state index is 0.0356. The van der Waals surface area contributed by atoms with Crippen LogP contribution in [0.1, 0.15) is 29.7 Å². The van der Waals surface area contributed by atoms with Crippen molar-refractivity contribution in [2.75, 3.05) is 13.7 Å². The number of carbonyl (C=O) groups excluding carboxylic acids is 1. The zero-order chi connectivity index (χ0) is 18.4. The van der Waals surface area contributed by atoms with Crippen LogP contribution in [0, 0.1) is 11.3 Å². The molecular formula is C21H19NO3S. The van der Waals surface area contributed by atoms with Crippen molar-refractivity contribution in [1.29, 1.82) is 5.26 Å². The molecule has 1 fully saturated rings. The highest BCUT2D eigenvalue weighted by Crippen LogP contribution is 2.32. The van der Waals surface area contributed by atoms with Crippen molar-refractivity contribution >= 4 is 29.3 Å². The molecule has 0 bridgehead atoms. The summed E-state index contributed by atoms with van der Waals surface area (Å²) in [7, 11) is 1.55. The van der Waals surface area contributed by atoms with Gasteiger partial charge in [-0.05, 0) is 60.6 Å². The summed E-state index contributed by atoms with van der Waals surface area (Å²) in [6.07, 6.45) is 6.48. The Kier molecular flexibility index (Phi) is 5.88. The van der Waals surface area contributed by atoms with Crippen LogP contribution in [0.25, 0.3) is 12.2 Å². The molecule has 1 aromatic heterocycles. The van der Waals surface area contributed by atoms with Gasteiger partial charge < -0.3 is 9.47 Å². The average molecular weight is 365 g/mol. The molecule has 1 aliphatic carbocycles. The molecule has 0 aliphatic heterocycles. The number of Topliss-reactive ketones (excluding diaryl/α,β-unsaturated/α-hetero) is 1. The van der Waals surface area contributed by atoms with Crippen molar-refractivity contribution in [2.24, 2.45) is 0 Å². The molecule has 1 heterocycles. The molecule has 5 heteroatoms. The van der Waals surface area contributed by atoms with E-state index in [4.69, 9.17) is 14.7 Å². The van der Waals surface area contributed by atoms with Gasteiger partial charge in [0.15, 0.2) is 23.9 Å². The molecule has 2 aromatic rings. The highest BCUT2D eigenvalue weighted by Gasteiger charge is 2.20. The minimum atomic E-state index is -0.0356. The summed E-state index contributed by atoms with van der Waals surface area (Å²) in [5, 5.41) is 10.7. The lowest BCUT2D eigenvalue weighted by Crippen LogP contribution is -2.12. The molecule has 0 atom stereocenters. The third kappa shape index (κ3) is 4.22. The van der Waals surface area contributed by atoms with Gasteiger partial charge in [0.25, 0.3) is 0 Å². The Morgan fingerprint density at radius 1 is 1.19 bits per heavy atom. The van der Waals surface area contributed by atoms with E-state index in [1.807, 2.05) is 47.9 Å². The van der Waals surface area contributed by atoms with Gasteiger partial charge in [0, 0.05) is 16.0 Å². The molecule has 0 N–H and O–H groups in total. The number of nitrogens with zero attached hydrogens (tertiary/aromatic N) is 1. The Labute approximate surface area is 157 Å². The summed E-state index contributed by atoms with van der Waals surface area (Å²) in [5.41, 5.74) is 2.56. The fourth-order valence-corrected chi connectivity index (χ4v) is 3.61. The molecule has 1 saturated carbocycles. The molecule has 132 valence electrons. The van der Waals surface area contributed by atoms with Crippen LogP contribution in [0.5, 0.6) is 11.5 Å². The number of nitriles is 1. The highest BCUT2D eigenvalue weighted by atomic mass is 32.1. The van der Waals surface area contributed by atoms with Crippen LogP contribution in [0.4, 0.5) is 0 Å². The molecule has 0 saturated heterocycles. The van der Waals surface area contributed by atoms with Crippen LogP contribution in [-0.4, -0.2) is 19.5 Å². The summed E-state index contributed by atoms with van der Waals surface area (Å²) in [4.78, 5) is 13.9. The molecular weight excluding hydrogens is 346 g/mol. The molecule has 4 nitrogen and oxygen atoms in total. The summed E-state index contributed by atoms with van der Waals surface area (Å²) in [6, 6.07) is 11.4. The van der Waals surface area contributed by atoms with Crippen LogP contribution < -0.4 is 9.47 Å². The fourth-order valence-electron chi connectivity index (χ4n) is 2.93. The van der Waals surface area contributed by atoms with E-state index in [2.05, 4.69) is 0 Å². The maximum absolute atomic E-state index is 12.8. The first-order chi connectivity index (χ1) is 12.7. The Balaban J connectivity index is 1.84. The summed E-state index contributed by atoms with van der Waals surface area (Å²) < 4.78 is 10.7. The Bertz CT molecular complexity index is 888. The van der Waals surface area contributed by atoms with Crippen molar-refractivity contribution in [3.05, 3.63) is 57.3 Å². The molecule has 0 amide bonds. The SMILES string of the molecule is COc1cc(/C=C2\CCC/C(=C/c3cccs3)C2=O)ccc1OCC#N. The van der Waals surface area contributed by atoms with E-state index in [0.29, 0.717) is 11.5 Å². The first-order valence-electron chi connectivity index (χ1n) is 8.38. The van der Waals surface area contributed by atoms with E-state index in [1.54, 1.807) is 24.5 Å². The summed E-state index contributed by atoms with van der Waals surface area (Å²) in [5.74, 6) is 1.19. The second-order valence-electron chi connectivity index (χ2n) is 5.89. The number of methoxy groups -OCH3 is 1. The third-order valence-corrected chi connectivity index (χ3v) is 4.98. The van der Waals surface area contributed by atoms with Crippen molar-refractivity contribution in [1.82, 2.24) is 0 Å². The normalized spacial score (nSPS) is 17.3. The number of ketones is 1. The number of hydrogen-bond acceptors (Lipinski definition) is 5. The standard InChI is InChI=1S/C21H19NO3S/c1-24-20-13-15(7-8-19(20)25-10-9-22)12-16-4-2-5-17(21(16)23)14-18-6-3-11-26-18/h3,6-8,11-14H,2,4-5,10H2,1H3/b16-12+,17-14-. The van der Waals surface area contributed by atoms with Gasteiger partial charge in [-0.3, -0.25) is 4.79 Å². The van der Waals surface area contributed by atoms with Gasteiger partial charge in [0.2, 0.25) is 0 Å².